The van der Waals surface area contributed by atoms with Crippen LogP contribution in [0.5, 0.6) is 0 Å². The molecule has 0 aromatic rings. The molecule has 0 N–H and O–H groups in total. The van der Waals surface area contributed by atoms with E-state index < -0.39 is 5.92 Å². The Morgan fingerprint density at radius 2 is 1.62 bits per heavy atom. The van der Waals surface area contributed by atoms with E-state index in [0.29, 0.717) is 19.3 Å². The SMILES string of the molecule is CC(=O)C(C(C)=O)C(CC=O)CCCC=O. The zero-order valence-electron chi connectivity index (χ0n) is 9.77. The van der Waals surface area contributed by atoms with Gasteiger partial charge in [-0.2, -0.15) is 0 Å². The van der Waals surface area contributed by atoms with E-state index in [9.17, 15) is 19.2 Å². The third kappa shape index (κ3) is 4.96. The zero-order chi connectivity index (χ0) is 12.6. The molecule has 0 radical (unpaired) electrons. The van der Waals surface area contributed by atoms with Gasteiger partial charge in [-0.1, -0.05) is 0 Å². The standard InChI is InChI=1S/C12H18O4/c1-9(15)12(10(2)16)11(6-8-14)5-3-4-7-13/h7-8,11-12H,3-6H2,1-2H3. The van der Waals surface area contributed by atoms with Crippen LogP contribution in [-0.2, 0) is 19.2 Å². The lowest BCUT2D eigenvalue weighted by Crippen LogP contribution is -2.28. The second-order valence-electron chi connectivity index (χ2n) is 3.96. The van der Waals surface area contributed by atoms with E-state index in [1.165, 1.54) is 13.8 Å². The number of unbranched alkanes of at least 4 members (excludes halogenated alkanes) is 1. The summed E-state index contributed by atoms with van der Waals surface area (Å²) in [4.78, 5) is 43.3. The number of carbonyl (C=O) groups is 4. The first-order chi connectivity index (χ1) is 7.54. The molecular formula is C12H18O4. The minimum atomic E-state index is -0.697. The fraction of sp³-hybridized carbons (Fsp3) is 0.667. The van der Waals surface area contributed by atoms with Crippen LogP contribution in [0.4, 0.5) is 0 Å². The Bertz CT molecular complexity index is 256. The van der Waals surface area contributed by atoms with E-state index in [1.54, 1.807) is 0 Å². The molecule has 0 aromatic carbocycles. The molecule has 1 atom stereocenters. The van der Waals surface area contributed by atoms with Gasteiger partial charge in [0.1, 0.15) is 24.1 Å². The van der Waals surface area contributed by atoms with Crippen molar-refractivity contribution in [2.75, 3.05) is 0 Å². The van der Waals surface area contributed by atoms with Gasteiger partial charge in [-0.15, -0.1) is 0 Å². The maximum Gasteiger partial charge on any atom is 0.140 e. The van der Waals surface area contributed by atoms with Crippen molar-refractivity contribution >= 4 is 24.1 Å². The first-order valence-corrected chi connectivity index (χ1v) is 5.42. The highest BCUT2D eigenvalue weighted by Crippen LogP contribution is 2.23. The summed E-state index contributed by atoms with van der Waals surface area (Å²) in [6.45, 7) is 2.73. The van der Waals surface area contributed by atoms with Crippen LogP contribution < -0.4 is 0 Å². The number of Topliss-reactive ketones (excluding diaryl/α,β-unsaturated/α-hetero) is 2. The van der Waals surface area contributed by atoms with Crippen molar-refractivity contribution in [3.63, 3.8) is 0 Å². The van der Waals surface area contributed by atoms with Gasteiger partial charge in [-0.05, 0) is 32.6 Å². The normalized spacial score (nSPS) is 12.2. The van der Waals surface area contributed by atoms with Crippen LogP contribution >= 0.6 is 0 Å². The fourth-order valence-corrected chi connectivity index (χ4v) is 1.96. The molecule has 0 fully saturated rings. The Hall–Kier alpha value is -1.32. The van der Waals surface area contributed by atoms with E-state index in [2.05, 4.69) is 0 Å². The van der Waals surface area contributed by atoms with Gasteiger partial charge in [0.15, 0.2) is 0 Å². The van der Waals surface area contributed by atoms with E-state index in [4.69, 9.17) is 0 Å². The molecule has 0 aliphatic heterocycles. The first kappa shape index (κ1) is 14.7. The summed E-state index contributed by atoms with van der Waals surface area (Å²) < 4.78 is 0. The van der Waals surface area contributed by atoms with Gasteiger partial charge < -0.3 is 9.59 Å². The third-order valence-corrected chi connectivity index (χ3v) is 2.64. The Kier molecular flexibility index (Phi) is 7.25. The largest absolute Gasteiger partial charge is 0.303 e. The molecule has 0 aromatic heterocycles. The quantitative estimate of drug-likeness (QED) is 0.338. The predicted octanol–water partition coefficient (Wildman–Crippen LogP) is 1.36. The molecule has 0 saturated heterocycles. The summed E-state index contributed by atoms with van der Waals surface area (Å²) >= 11 is 0. The van der Waals surface area contributed by atoms with Crippen LogP contribution in [0, 0.1) is 11.8 Å². The topological polar surface area (TPSA) is 68.3 Å². The highest BCUT2D eigenvalue weighted by Gasteiger charge is 2.28. The first-order valence-electron chi connectivity index (χ1n) is 5.42. The Labute approximate surface area is 95.4 Å². The van der Waals surface area contributed by atoms with Crippen molar-refractivity contribution in [3.05, 3.63) is 0 Å². The monoisotopic (exact) mass is 226 g/mol. The summed E-state index contributed by atoms with van der Waals surface area (Å²) in [7, 11) is 0. The van der Waals surface area contributed by atoms with Gasteiger partial charge in [-0.25, -0.2) is 0 Å². The number of ketones is 2. The van der Waals surface area contributed by atoms with Gasteiger partial charge in [-0.3, -0.25) is 9.59 Å². The summed E-state index contributed by atoms with van der Waals surface area (Å²) in [5.74, 6) is -1.36. The number of hydrogen-bond acceptors (Lipinski definition) is 4. The summed E-state index contributed by atoms with van der Waals surface area (Å²) in [6, 6.07) is 0. The lowest BCUT2D eigenvalue weighted by atomic mass is 9.81. The molecule has 1 unspecified atom stereocenters. The zero-order valence-corrected chi connectivity index (χ0v) is 9.77. The van der Waals surface area contributed by atoms with Gasteiger partial charge in [0.05, 0.1) is 5.92 Å². The number of aldehydes is 2. The molecule has 0 rings (SSSR count). The molecule has 90 valence electrons. The van der Waals surface area contributed by atoms with Gasteiger partial charge in [0.2, 0.25) is 0 Å². The molecule has 16 heavy (non-hydrogen) atoms. The van der Waals surface area contributed by atoms with Crippen molar-refractivity contribution in [1.82, 2.24) is 0 Å². The van der Waals surface area contributed by atoms with Crippen molar-refractivity contribution in [2.24, 2.45) is 11.8 Å². The van der Waals surface area contributed by atoms with Crippen LogP contribution in [0.1, 0.15) is 39.5 Å². The van der Waals surface area contributed by atoms with Gasteiger partial charge in [0.25, 0.3) is 0 Å². The third-order valence-electron chi connectivity index (χ3n) is 2.64. The highest BCUT2D eigenvalue weighted by molar-refractivity contribution is 6.00. The maximum absolute atomic E-state index is 11.3. The molecule has 0 aliphatic carbocycles. The molecule has 4 heteroatoms. The van der Waals surface area contributed by atoms with Crippen LogP contribution in [0.3, 0.4) is 0 Å². The van der Waals surface area contributed by atoms with Crippen molar-refractivity contribution in [3.8, 4) is 0 Å². The van der Waals surface area contributed by atoms with Crippen molar-refractivity contribution in [1.29, 1.82) is 0 Å². The fourth-order valence-electron chi connectivity index (χ4n) is 1.96. The smallest absolute Gasteiger partial charge is 0.140 e. The Morgan fingerprint density at radius 3 is 2.00 bits per heavy atom. The van der Waals surface area contributed by atoms with E-state index in [-0.39, 0.29) is 23.9 Å². The number of carbonyl (C=O) groups excluding carboxylic acids is 4. The number of rotatable bonds is 9. The highest BCUT2D eigenvalue weighted by atomic mass is 16.1. The minimum absolute atomic E-state index is 0.197. The van der Waals surface area contributed by atoms with Crippen LogP contribution in [0.25, 0.3) is 0 Å². The minimum Gasteiger partial charge on any atom is -0.303 e. The van der Waals surface area contributed by atoms with Gasteiger partial charge >= 0.3 is 0 Å². The summed E-state index contributed by atoms with van der Waals surface area (Å²) in [6.07, 6.45) is 3.29. The van der Waals surface area contributed by atoms with Crippen molar-refractivity contribution in [2.45, 2.75) is 39.5 Å². The molecule has 0 heterocycles. The van der Waals surface area contributed by atoms with Gasteiger partial charge in [0, 0.05) is 12.8 Å². The Balaban J connectivity index is 4.56. The molecule has 0 bridgehead atoms. The molecular weight excluding hydrogens is 208 g/mol. The van der Waals surface area contributed by atoms with Crippen LogP contribution in [0.2, 0.25) is 0 Å². The average molecular weight is 226 g/mol. The average Bonchev–Trinajstić information content (AvgIpc) is 2.17. The molecule has 0 spiro atoms. The Morgan fingerprint density at radius 1 is 1.06 bits per heavy atom. The summed E-state index contributed by atoms with van der Waals surface area (Å²) in [5.41, 5.74) is 0. The lowest BCUT2D eigenvalue weighted by molar-refractivity contribution is -0.133. The summed E-state index contributed by atoms with van der Waals surface area (Å²) in [5, 5.41) is 0. The second-order valence-corrected chi connectivity index (χ2v) is 3.96. The molecule has 0 amide bonds. The predicted molar refractivity (Wildman–Crippen MR) is 58.9 cm³/mol. The molecule has 4 nitrogen and oxygen atoms in total. The maximum atomic E-state index is 11.3. The number of hydrogen-bond donors (Lipinski definition) is 0. The second kappa shape index (κ2) is 7.91. The molecule has 0 aliphatic rings. The molecule has 0 saturated carbocycles. The van der Waals surface area contributed by atoms with E-state index >= 15 is 0 Å². The van der Waals surface area contributed by atoms with Crippen molar-refractivity contribution < 1.29 is 19.2 Å². The van der Waals surface area contributed by atoms with Crippen LogP contribution in [0.15, 0.2) is 0 Å². The lowest BCUT2D eigenvalue weighted by Gasteiger charge is -2.20. The van der Waals surface area contributed by atoms with Crippen LogP contribution in [-0.4, -0.2) is 24.1 Å². The van der Waals surface area contributed by atoms with E-state index in [1.807, 2.05) is 0 Å². The van der Waals surface area contributed by atoms with E-state index in [0.717, 1.165) is 12.6 Å².